The average Bonchev–Trinajstić information content (AvgIpc) is 2.54. The molecule has 0 saturated heterocycles. The molecule has 2 unspecified atom stereocenters. The van der Waals surface area contributed by atoms with E-state index in [1.54, 1.807) is 39.0 Å². The van der Waals surface area contributed by atoms with Crippen LogP contribution in [0, 0.1) is 5.92 Å². The van der Waals surface area contributed by atoms with E-state index >= 15 is 0 Å². The lowest BCUT2D eigenvalue weighted by atomic mass is 9.98. The number of carbonyl (C=O) groups excluding carboxylic acids is 2. The van der Waals surface area contributed by atoms with E-state index < -0.39 is 33.5 Å². The molecule has 0 saturated carbocycles. The zero-order valence-corrected chi connectivity index (χ0v) is 17.3. The summed E-state index contributed by atoms with van der Waals surface area (Å²) < 4.78 is 27.9. The van der Waals surface area contributed by atoms with E-state index in [0.717, 1.165) is 0 Å². The largest absolute Gasteiger partial charge is 0.352 e. The molecule has 0 heterocycles. The second-order valence-corrected chi connectivity index (χ2v) is 9.20. The molecule has 0 spiro atoms. The third-order valence-electron chi connectivity index (χ3n) is 3.95. The second-order valence-electron chi connectivity index (χ2n) is 7.55. The zero-order chi connectivity index (χ0) is 20.8. The molecule has 1 rings (SSSR count). The van der Waals surface area contributed by atoms with Crippen molar-refractivity contribution in [1.82, 2.24) is 15.4 Å². The molecule has 0 aliphatic heterocycles. The van der Waals surface area contributed by atoms with Crippen molar-refractivity contribution in [3.05, 3.63) is 29.8 Å². The fourth-order valence-electron chi connectivity index (χ4n) is 2.52. The average molecular weight is 399 g/mol. The van der Waals surface area contributed by atoms with Crippen LogP contribution in [0.4, 0.5) is 4.79 Å². The smallest absolute Gasteiger partial charge is 0.312 e. The number of rotatable bonds is 8. The molecule has 152 valence electrons. The van der Waals surface area contributed by atoms with Gasteiger partial charge in [-0.15, -0.1) is 0 Å². The lowest BCUT2D eigenvalue weighted by Crippen LogP contribution is -2.51. The van der Waals surface area contributed by atoms with E-state index in [9.17, 15) is 18.0 Å². The molecule has 1 aromatic rings. The summed E-state index contributed by atoms with van der Waals surface area (Å²) in [5.41, 5.74) is 4.97. The fraction of sp³-hybridized carbons (Fsp3) is 0.556. The SMILES string of the molecule is CCC(C)C(NC(N)=O)C(=O)NCc1ccccc1S(=O)(=O)NC(C)(C)C. The Kier molecular flexibility index (Phi) is 7.79. The summed E-state index contributed by atoms with van der Waals surface area (Å²) in [5.74, 6) is -0.543. The van der Waals surface area contributed by atoms with E-state index in [1.165, 1.54) is 6.07 Å². The summed E-state index contributed by atoms with van der Waals surface area (Å²) in [6.07, 6.45) is 0.666. The van der Waals surface area contributed by atoms with Crippen LogP contribution >= 0.6 is 0 Å². The van der Waals surface area contributed by atoms with Crippen LogP contribution in [-0.4, -0.2) is 31.9 Å². The fourth-order valence-corrected chi connectivity index (χ4v) is 4.18. The highest BCUT2D eigenvalue weighted by Crippen LogP contribution is 2.18. The number of hydrogen-bond donors (Lipinski definition) is 4. The maximum absolute atomic E-state index is 12.6. The predicted molar refractivity (Wildman–Crippen MR) is 104 cm³/mol. The summed E-state index contributed by atoms with van der Waals surface area (Å²) in [6.45, 7) is 8.98. The van der Waals surface area contributed by atoms with Crippen LogP contribution in [-0.2, 0) is 21.4 Å². The van der Waals surface area contributed by atoms with Crippen molar-refractivity contribution in [2.75, 3.05) is 0 Å². The van der Waals surface area contributed by atoms with Gasteiger partial charge in [0.15, 0.2) is 0 Å². The van der Waals surface area contributed by atoms with Gasteiger partial charge in [-0.2, -0.15) is 0 Å². The van der Waals surface area contributed by atoms with Crippen LogP contribution in [0.5, 0.6) is 0 Å². The van der Waals surface area contributed by atoms with Gasteiger partial charge in [0.2, 0.25) is 15.9 Å². The van der Waals surface area contributed by atoms with Gasteiger partial charge in [-0.05, 0) is 38.3 Å². The van der Waals surface area contributed by atoms with Gasteiger partial charge >= 0.3 is 6.03 Å². The van der Waals surface area contributed by atoms with Crippen LogP contribution in [0.2, 0.25) is 0 Å². The number of sulfonamides is 1. The Balaban J connectivity index is 3.00. The standard InChI is InChI=1S/C18H30N4O4S/c1-6-12(2)15(21-17(19)24)16(23)20-11-13-9-7-8-10-14(13)27(25,26)22-18(3,4)5/h7-10,12,15,22H,6,11H2,1-5H3,(H,20,23)(H3,19,21,24). The Labute approximate surface area is 161 Å². The summed E-state index contributed by atoms with van der Waals surface area (Å²) >= 11 is 0. The molecular formula is C18H30N4O4S. The number of urea groups is 1. The maximum Gasteiger partial charge on any atom is 0.312 e. The molecule has 0 aliphatic rings. The number of hydrogen-bond acceptors (Lipinski definition) is 4. The lowest BCUT2D eigenvalue weighted by Gasteiger charge is -2.23. The minimum Gasteiger partial charge on any atom is -0.352 e. The molecule has 0 aromatic heterocycles. The number of amides is 3. The summed E-state index contributed by atoms with van der Waals surface area (Å²) in [5, 5.41) is 5.13. The van der Waals surface area contributed by atoms with E-state index in [2.05, 4.69) is 15.4 Å². The van der Waals surface area contributed by atoms with Gasteiger partial charge in [0.1, 0.15) is 6.04 Å². The van der Waals surface area contributed by atoms with Crippen molar-refractivity contribution < 1.29 is 18.0 Å². The van der Waals surface area contributed by atoms with E-state index in [4.69, 9.17) is 5.73 Å². The van der Waals surface area contributed by atoms with Gasteiger partial charge in [-0.3, -0.25) is 4.79 Å². The monoisotopic (exact) mass is 398 g/mol. The molecule has 8 nitrogen and oxygen atoms in total. The third kappa shape index (κ3) is 7.18. The molecule has 2 atom stereocenters. The molecule has 0 radical (unpaired) electrons. The molecule has 27 heavy (non-hydrogen) atoms. The number of primary amides is 1. The third-order valence-corrected chi connectivity index (χ3v) is 5.81. The Bertz CT molecular complexity index is 772. The number of carbonyl (C=O) groups is 2. The first kappa shape index (κ1) is 22.9. The number of nitrogens with one attached hydrogen (secondary N) is 3. The number of benzene rings is 1. The highest BCUT2D eigenvalue weighted by atomic mass is 32.2. The molecular weight excluding hydrogens is 368 g/mol. The molecule has 3 amide bonds. The first-order valence-electron chi connectivity index (χ1n) is 8.83. The van der Waals surface area contributed by atoms with Gasteiger partial charge in [-0.1, -0.05) is 38.5 Å². The maximum atomic E-state index is 12.6. The van der Waals surface area contributed by atoms with Crippen LogP contribution in [0.15, 0.2) is 29.2 Å². The molecule has 0 aliphatic carbocycles. The summed E-state index contributed by atoms with van der Waals surface area (Å²) in [6, 6.07) is 4.88. The normalized spacial score (nSPS) is 14.3. The van der Waals surface area contributed by atoms with Crippen molar-refractivity contribution in [3.63, 3.8) is 0 Å². The second kappa shape index (κ2) is 9.18. The van der Waals surface area contributed by atoms with Crippen molar-refractivity contribution >= 4 is 22.0 Å². The molecule has 0 bridgehead atoms. The van der Waals surface area contributed by atoms with Crippen molar-refractivity contribution in [3.8, 4) is 0 Å². The highest BCUT2D eigenvalue weighted by molar-refractivity contribution is 7.89. The quantitative estimate of drug-likeness (QED) is 0.528. The first-order chi connectivity index (χ1) is 12.4. The topological polar surface area (TPSA) is 130 Å². The zero-order valence-electron chi connectivity index (χ0n) is 16.5. The van der Waals surface area contributed by atoms with Gasteiger partial charge < -0.3 is 16.4 Å². The van der Waals surface area contributed by atoms with Crippen molar-refractivity contribution in [2.24, 2.45) is 11.7 Å². The summed E-state index contributed by atoms with van der Waals surface area (Å²) in [7, 11) is -3.75. The molecule has 0 fully saturated rings. The molecule has 9 heteroatoms. The Morgan fingerprint density at radius 1 is 1.19 bits per heavy atom. The van der Waals surface area contributed by atoms with Crippen LogP contribution in [0.25, 0.3) is 0 Å². The molecule has 1 aromatic carbocycles. The van der Waals surface area contributed by atoms with Gasteiger partial charge in [0, 0.05) is 12.1 Å². The highest BCUT2D eigenvalue weighted by Gasteiger charge is 2.27. The van der Waals surface area contributed by atoms with Crippen molar-refractivity contribution in [2.45, 2.75) is 64.1 Å². The van der Waals surface area contributed by atoms with Crippen LogP contribution in [0.3, 0.4) is 0 Å². The van der Waals surface area contributed by atoms with E-state index in [1.807, 2.05) is 13.8 Å². The minimum atomic E-state index is -3.75. The Morgan fingerprint density at radius 2 is 1.78 bits per heavy atom. The van der Waals surface area contributed by atoms with Gasteiger partial charge in [0.25, 0.3) is 0 Å². The summed E-state index contributed by atoms with van der Waals surface area (Å²) in [4.78, 5) is 23.8. The lowest BCUT2D eigenvalue weighted by molar-refractivity contribution is -0.124. The first-order valence-corrected chi connectivity index (χ1v) is 10.3. The Hall–Kier alpha value is -2.13. The van der Waals surface area contributed by atoms with E-state index in [-0.39, 0.29) is 17.4 Å². The van der Waals surface area contributed by atoms with E-state index in [0.29, 0.717) is 12.0 Å². The molecule has 5 N–H and O–H groups in total. The van der Waals surface area contributed by atoms with Gasteiger partial charge in [0.05, 0.1) is 4.90 Å². The van der Waals surface area contributed by atoms with Gasteiger partial charge in [-0.25, -0.2) is 17.9 Å². The predicted octanol–water partition coefficient (Wildman–Crippen LogP) is 1.46. The minimum absolute atomic E-state index is 0.00738. The number of nitrogens with two attached hydrogens (primary N) is 1. The van der Waals surface area contributed by atoms with Crippen LogP contribution < -0.4 is 21.1 Å². The van der Waals surface area contributed by atoms with Crippen LogP contribution in [0.1, 0.15) is 46.6 Å². The Morgan fingerprint density at radius 3 is 2.30 bits per heavy atom. The van der Waals surface area contributed by atoms with Crippen molar-refractivity contribution in [1.29, 1.82) is 0 Å².